The monoisotopic (exact) mass is 273 g/mol. The summed E-state index contributed by atoms with van der Waals surface area (Å²) in [5, 5.41) is 7.06. The van der Waals surface area contributed by atoms with Gasteiger partial charge in [0.05, 0.1) is 0 Å². The molecule has 4 rings (SSSR count). The lowest BCUT2D eigenvalue weighted by Gasteiger charge is -2.39. The fourth-order valence-corrected chi connectivity index (χ4v) is 3.78. The molecule has 2 saturated heterocycles. The fraction of sp³-hybridized carbons (Fsp3) is 0.625. The second-order valence-corrected chi connectivity index (χ2v) is 6.41. The van der Waals surface area contributed by atoms with E-state index in [0.29, 0.717) is 11.6 Å². The maximum Gasteiger partial charge on any atom is 0.123 e. The van der Waals surface area contributed by atoms with Crippen LogP contribution in [0.5, 0.6) is 5.75 Å². The first kappa shape index (κ1) is 12.6. The van der Waals surface area contributed by atoms with Crippen molar-refractivity contribution in [3.05, 3.63) is 29.8 Å². The normalized spacial score (nSPS) is 28.5. The summed E-state index contributed by atoms with van der Waals surface area (Å²) in [5.41, 5.74) is 1.74. The fourth-order valence-electron chi connectivity index (χ4n) is 3.78. The molecule has 0 aliphatic carbocycles. The molecule has 20 heavy (non-hydrogen) atoms. The van der Waals surface area contributed by atoms with Crippen LogP contribution in [0.25, 0.3) is 0 Å². The summed E-state index contributed by atoms with van der Waals surface area (Å²) < 4.78 is 6.06. The van der Waals surface area contributed by atoms with Gasteiger partial charge in [-0.1, -0.05) is 18.2 Å². The maximum atomic E-state index is 6.06. The van der Waals surface area contributed by atoms with Crippen molar-refractivity contribution in [2.24, 2.45) is 0 Å². The van der Waals surface area contributed by atoms with Gasteiger partial charge in [0, 0.05) is 44.8 Å². The summed E-state index contributed by atoms with van der Waals surface area (Å²) in [6.07, 6.45) is 3.91. The van der Waals surface area contributed by atoms with Crippen LogP contribution in [0.4, 0.5) is 0 Å². The topological polar surface area (TPSA) is 36.5 Å². The van der Waals surface area contributed by atoms with E-state index in [9.17, 15) is 0 Å². The molecule has 4 heteroatoms. The zero-order chi connectivity index (χ0) is 13.4. The van der Waals surface area contributed by atoms with E-state index < -0.39 is 0 Å². The summed E-state index contributed by atoms with van der Waals surface area (Å²) in [6.45, 7) is 5.54. The Kier molecular flexibility index (Phi) is 3.17. The van der Waals surface area contributed by atoms with E-state index in [4.69, 9.17) is 4.74 Å². The average molecular weight is 273 g/mol. The third-order valence-corrected chi connectivity index (χ3v) is 5.04. The van der Waals surface area contributed by atoms with E-state index in [0.717, 1.165) is 31.9 Å². The van der Waals surface area contributed by atoms with Crippen molar-refractivity contribution >= 4 is 0 Å². The van der Waals surface area contributed by atoms with Gasteiger partial charge in [-0.25, -0.2) is 0 Å². The highest BCUT2D eigenvalue weighted by atomic mass is 16.5. The lowest BCUT2D eigenvalue weighted by atomic mass is 9.88. The van der Waals surface area contributed by atoms with E-state index in [1.165, 1.54) is 31.5 Å². The van der Waals surface area contributed by atoms with Crippen LogP contribution in [0.2, 0.25) is 0 Å². The van der Waals surface area contributed by atoms with Crippen molar-refractivity contribution in [2.45, 2.75) is 30.9 Å². The quantitative estimate of drug-likeness (QED) is 0.842. The van der Waals surface area contributed by atoms with Gasteiger partial charge in [-0.15, -0.1) is 0 Å². The Bertz CT molecular complexity index is 449. The lowest BCUT2D eigenvalue weighted by molar-refractivity contribution is 0.104. The molecule has 0 saturated carbocycles. The molecular weight excluding hydrogens is 250 g/mol. The number of rotatable bonds is 2. The second kappa shape index (κ2) is 5.02. The average Bonchev–Trinajstić information content (AvgIpc) is 3.08. The van der Waals surface area contributed by atoms with Crippen LogP contribution in [0.3, 0.4) is 0 Å². The predicted molar refractivity (Wildman–Crippen MR) is 79.0 cm³/mol. The molecular formula is C16H23N3O. The summed E-state index contributed by atoms with van der Waals surface area (Å²) in [5.74, 6) is 1.09. The van der Waals surface area contributed by atoms with Crippen LogP contribution in [-0.2, 0) is 6.42 Å². The zero-order valence-corrected chi connectivity index (χ0v) is 11.9. The maximum absolute atomic E-state index is 6.06. The smallest absolute Gasteiger partial charge is 0.123 e. The van der Waals surface area contributed by atoms with Crippen molar-refractivity contribution in [1.29, 1.82) is 0 Å². The third-order valence-electron chi connectivity index (χ3n) is 5.04. The first-order valence-corrected chi connectivity index (χ1v) is 7.76. The number of para-hydroxylation sites is 1. The number of likely N-dealkylation sites (tertiary alicyclic amines) is 1. The molecule has 2 N–H and O–H groups in total. The van der Waals surface area contributed by atoms with Crippen LogP contribution < -0.4 is 15.4 Å². The molecule has 1 unspecified atom stereocenters. The summed E-state index contributed by atoms with van der Waals surface area (Å²) in [6, 6.07) is 8.45. The number of piperidine rings is 1. The summed E-state index contributed by atoms with van der Waals surface area (Å²) in [7, 11) is 0. The Morgan fingerprint density at radius 2 is 2.10 bits per heavy atom. The van der Waals surface area contributed by atoms with Gasteiger partial charge in [0.15, 0.2) is 0 Å². The van der Waals surface area contributed by atoms with Gasteiger partial charge in [-0.2, -0.15) is 0 Å². The second-order valence-electron chi connectivity index (χ2n) is 6.41. The number of hydrogen-bond donors (Lipinski definition) is 2. The van der Waals surface area contributed by atoms with E-state index in [1.54, 1.807) is 0 Å². The molecule has 0 radical (unpaired) electrons. The van der Waals surface area contributed by atoms with Crippen molar-refractivity contribution < 1.29 is 4.74 Å². The summed E-state index contributed by atoms with van der Waals surface area (Å²) >= 11 is 0. The molecule has 108 valence electrons. The molecule has 1 aromatic rings. The van der Waals surface area contributed by atoms with Crippen LogP contribution in [-0.4, -0.2) is 49.4 Å². The number of hydrogen-bond acceptors (Lipinski definition) is 4. The SMILES string of the molecule is c1ccc2c(c1)CC(CN1CCC3(CC1)CNCN3)O2. The molecule has 1 spiro atoms. The highest BCUT2D eigenvalue weighted by Gasteiger charge is 2.37. The minimum absolute atomic E-state index is 0.344. The van der Waals surface area contributed by atoms with Gasteiger partial charge in [0.2, 0.25) is 0 Å². The van der Waals surface area contributed by atoms with E-state index in [-0.39, 0.29) is 0 Å². The molecule has 4 nitrogen and oxygen atoms in total. The Balaban J connectivity index is 1.31. The third kappa shape index (κ3) is 2.32. The largest absolute Gasteiger partial charge is 0.488 e. The van der Waals surface area contributed by atoms with Crippen LogP contribution in [0, 0.1) is 0 Å². The number of benzene rings is 1. The summed E-state index contributed by atoms with van der Waals surface area (Å²) in [4.78, 5) is 2.57. The van der Waals surface area contributed by atoms with Gasteiger partial charge in [-0.05, 0) is 24.5 Å². The van der Waals surface area contributed by atoms with Crippen LogP contribution in [0.1, 0.15) is 18.4 Å². The molecule has 0 aromatic heterocycles. The lowest BCUT2D eigenvalue weighted by Crippen LogP contribution is -2.53. The van der Waals surface area contributed by atoms with Gasteiger partial charge < -0.3 is 10.1 Å². The minimum atomic E-state index is 0.344. The van der Waals surface area contributed by atoms with Gasteiger partial charge in [-0.3, -0.25) is 10.2 Å². The zero-order valence-electron chi connectivity index (χ0n) is 11.9. The highest BCUT2D eigenvalue weighted by Crippen LogP contribution is 2.30. The molecule has 3 aliphatic rings. The van der Waals surface area contributed by atoms with Crippen LogP contribution >= 0.6 is 0 Å². The van der Waals surface area contributed by atoms with E-state index in [2.05, 4.69) is 39.8 Å². The molecule has 2 fully saturated rings. The van der Waals surface area contributed by atoms with Crippen molar-refractivity contribution in [2.75, 3.05) is 32.8 Å². The van der Waals surface area contributed by atoms with Crippen LogP contribution in [0.15, 0.2) is 24.3 Å². The highest BCUT2D eigenvalue weighted by molar-refractivity contribution is 5.37. The minimum Gasteiger partial charge on any atom is -0.488 e. The molecule has 1 atom stereocenters. The number of nitrogens with zero attached hydrogens (tertiary/aromatic N) is 1. The Morgan fingerprint density at radius 1 is 1.25 bits per heavy atom. The van der Waals surface area contributed by atoms with Crippen molar-refractivity contribution in [1.82, 2.24) is 15.5 Å². The Labute approximate surface area is 120 Å². The number of nitrogens with one attached hydrogen (secondary N) is 2. The Morgan fingerprint density at radius 3 is 2.85 bits per heavy atom. The van der Waals surface area contributed by atoms with Gasteiger partial charge >= 0.3 is 0 Å². The number of fused-ring (bicyclic) bond motifs is 1. The van der Waals surface area contributed by atoms with Gasteiger partial charge in [0.25, 0.3) is 0 Å². The Hall–Kier alpha value is -1.10. The molecule has 0 amide bonds. The standard InChI is InChI=1S/C16H23N3O/c1-2-4-15-13(3-1)9-14(20-15)10-19-7-5-16(6-8-19)11-17-12-18-16/h1-4,14,17-18H,5-12H2. The first-order chi connectivity index (χ1) is 9.83. The van der Waals surface area contributed by atoms with E-state index in [1.807, 2.05) is 0 Å². The predicted octanol–water partition coefficient (Wildman–Crippen LogP) is 0.975. The molecule has 0 bridgehead atoms. The van der Waals surface area contributed by atoms with Crippen molar-refractivity contribution in [3.8, 4) is 5.75 Å². The number of ether oxygens (including phenoxy) is 1. The van der Waals surface area contributed by atoms with Crippen molar-refractivity contribution in [3.63, 3.8) is 0 Å². The molecule has 1 aromatic carbocycles. The first-order valence-electron chi connectivity index (χ1n) is 7.76. The molecule has 3 aliphatic heterocycles. The van der Waals surface area contributed by atoms with E-state index >= 15 is 0 Å². The molecule has 3 heterocycles. The van der Waals surface area contributed by atoms with Gasteiger partial charge in [0.1, 0.15) is 11.9 Å².